The molecule has 1 aliphatic heterocycles. The molecule has 0 spiro atoms. The summed E-state index contributed by atoms with van der Waals surface area (Å²) < 4.78 is 4.48. The smallest absolute Gasteiger partial charge is 0.327 e. The maximum absolute atomic E-state index is 12.6. The van der Waals surface area contributed by atoms with Gasteiger partial charge in [-0.05, 0) is 18.9 Å². The number of aryl methyl sites for hydroxylation is 1. The number of quaternary nitrogens is 1. The molecule has 0 amide bonds. The van der Waals surface area contributed by atoms with Gasteiger partial charge in [0.2, 0.25) is 0 Å². The predicted octanol–water partition coefficient (Wildman–Crippen LogP) is -0.942. The van der Waals surface area contributed by atoms with E-state index in [-0.39, 0.29) is 11.2 Å². The highest BCUT2D eigenvalue weighted by Crippen LogP contribution is 2.17. The molecule has 2 N–H and O–H groups in total. The van der Waals surface area contributed by atoms with Crippen LogP contribution < -0.4 is 21.1 Å². The van der Waals surface area contributed by atoms with Crippen LogP contribution in [0.2, 0.25) is 0 Å². The Kier molecular flexibility index (Phi) is 4.65. The maximum atomic E-state index is 12.6. The molecule has 2 atom stereocenters. The van der Waals surface area contributed by atoms with E-state index < -0.39 is 0 Å². The molecular formula is C19H26N6O2+2. The quantitative estimate of drug-likeness (QED) is 0.644. The Morgan fingerprint density at radius 2 is 2.11 bits per heavy atom. The van der Waals surface area contributed by atoms with Gasteiger partial charge in [0.25, 0.3) is 5.56 Å². The second kappa shape index (κ2) is 7.11. The number of pyridine rings is 1. The largest absolute Gasteiger partial charge is 0.332 e. The molecule has 1 fully saturated rings. The zero-order chi connectivity index (χ0) is 19.0. The van der Waals surface area contributed by atoms with Gasteiger partial charge >= 0.3 is 5.69 Å². The van der Waals surface area contributed by atoms with E-state index in [1.54, 1.807) is 13.4 Å². The highest BCUT2D eigenvalue weighted by Gasteiger charge is 2.28. The van der Waals surface area contributed by atoms with Crippen molar-refractivity contribution in [2.75, 3.05) is 13.1 Å². The van der Waals surface area contributed by atoms with Crippen LogP contribution in [0.5, 0.6) is 0 Å². The van der Waals surface area contributed by atoms with Crippen LogP contribution in [0.15, 0.2) is 40.4 Å². The van der Waals surface area contributed by atoms with Crippen molar-refractivity contribution in [2.24, 2.45) is 14.1 Å². The van der Waals surface area contributed by atoms with Crippen molar-refractivity contribution >= 4 is 11.2 Å². The second-order valence-electron chi connectivity index (χ2n) is 7.36. The van der Waals surface area contributed by atoms with Crippen LogP contribution in [-0.2, 0) is 20.6 Å². The Balaban J connectivity index is 1.61. The van der Waals surface area contributed by atoms with Crippen LogP contribution in [0.1, 0.15) is 30.9 Å². The monoisotopic (exact) mass is 370 g/mol. The molecule has 27 heavy (non-hydrogen) atoms. The van der Waals surface area contributed by atoms with Crippen LogP contribution in [0, 0.1) is 0 Å². The number of nitrogens with zero attached hydrogens (tertiary/aromatic N) is 4. The highest BCUT2D eigenvalue weighted by molar-refractivity contribution is 5.69. The lowest BCUT2D eigenvalue weighted by atomic mass is 9.96. The fraction of sp³-hybridized carbons (Fsp3) is 0.474. The number of piperidine rings is 1. The van der Waals surface area contributed by atoms with Crippen molar-refractivity contribution in [3.05, 3.63) is 57.3 Å². The van der Waals surface area contributed by atoms with Crippen LogP contribution in [0.3, 0.4) is 0 Å². The van der Waals surface area contributed by atoms with Gasteiger partial charge in [0, 0.05) is 26.6 Å². The SMILES string of the molecule is Cn1c(=O)c2c(ncn2CC[NH+]2CCCCC2c2ccc[nH+]c2)n(C)c1=O. The number of nitrogens with one attached hydrogen (secondary N) is 2. The lowest BCUT2D eigenvalue weighted by Gasteiger charge is -2.32. The molecular weight excluding hydrogens is 344 g/mol. The molecule has 0 radical (unpaired) electrons. The molecule has 2 unspecified atom stereocenters. The number of likely N-dealkylation sites (tertiary alicyclic amines) is 1. The molecule has 3 aromatic heterocycles. The zero-order valence-electron chi connectivity index (χ0n) is 15.8. The summed E-state index contributed by atoms with van der Waals surface area (Å²) in [6, 6.07) is 4.71. The summed E-state index contributed by atoms with van der Waals surface area (Å²) in [4.78, 5) is 33.7. The van der Waals surface area contributed by atoms with E-state index in [1.807, 2.05) is 10.8 Å². The lowest BCUT2D eigenvalue weighted by Crippen LogP contribution is -3.13. The molecule has 0 aliphatic carbocycles. The Morgan fingerprint density at radius 1 is 1.26 bits per heavy atom. The number of hydrogen-bond donors (Lipinski definition) is 1. The first-order valence-electron chi connectivity index (χ1n) is 9.49. The maximum Gasteiger partial charge on any atom is 0.332 e. The van der Waals surface area contributed by atoms with Crippen molar-refractivity contribution in [2.45, 2.75) is 31.8 Å². The van der Waals surface area contributed by atoms with E-state index in [0.717, 1.165) is 17.7 Å². The molecule has 3 aromatic rings. The highest BCUT2D eigenvalue weighted by atomic mass is 16.2. The summed E-state index contributed by atoms with van der Waals surface area (Å²) in [6.07, 6.45) is 9.36. The van der Waals surface area contributed by atoms with Crippen molar-refractivity contribution in [3.63, 3.8) is 0 Å². The summed E-state index contributed by atoms with van der Waals surface area (Å²) in [5.74, 6) is 0. The molecule has 8 nitrogen and oxygen atoms in total. The normalized spacial score (nSPS) is 20.2. The van der Waals surface area contributed by atoms with E-state index in [4.69, 9.17) is 0 Å². The van der Waals surface area contributed by atoms with Crippen LogP contribution >= 0.6 is 0 Å². The summed E-state index contributed by atoms with van der Waals surface area (Å²) >= 11 is 0. The van der Waals surface area contributed by atoms with Crippen molar-refractivity contribution in [1.82, 2.24) is 18.7 Å². The Hall–Kier alpha value is -2.74. The third-order valence-electron chi connectivity index (χ3n) is 5.76. The van der Waals surface area contributed by atoms with Gasteiger partial charge in [-0.25, -0.2) is 14.8 Å². The molecule has 1 aliphatic rings. The van der Waals surface area contributed by atoms with E-state index in [9.17, 15) is 9.59 Å². The zero-order valence-corrected chi connectivity index (χ0v) is 15.8. The number of fused-ring (bicyclic) bond motifs is 1. The summed E-state index contributed by atoms with van der Waals surface area (Å²) in [5.41, 5.74) is 1.65. The van der Waals surface area contributed by atoms with E-state index in [2.05, 4.69) is 28.3 Å². The fourth-order valence-corrected chi connectivity index (χ4v) is 4.24. The van der Waals surface area contributed by atoms with Crippen LogP contribution in [0.25, 0.3) is 11.2 Å². The van der Waals surface area contributed by atoms with E-state index >= 15 is 0 Å². The minimum Gasteiger partial charge on any atom is -0.327 e. The number of rotatable bonds is 4. The number of H-pyrrole nitrogens is 1. The van der Waals surface area contributed by atoms with Crippen molar-refractivity contribution in [3.8, 4) is 0 Å². The standard InChI is InChI=1S/C19H24N6O2/c1-22-17-16(18(26)23(2)19(22)27)25(13-21-17)11-10-24-9-4-3-7-15(24)14-6-5-8-20-12-14/h5-6,8,12-13,15H,3-4,7,9-11H2,1-2H3/p+2. The fourth-order valence-electron chi connectivity index (χ4n) is 4.24. The summed E-state index contributed by atoms with van der Waals surface area (Å²) in [5, 5.41) is 0. The van der Waals surface area contributed by atoms with Crippen molar-refractivity contribution in [1.29, 1.82) is 0 Å². The van der Waals surface area contributed by atoms with E-state index in [1.165, 1.54) is 41.3 Å². The number of aromatic nitrogens is 5. The molecule has 0 saturated carbocycles. The molecule has 4 rings (SSSR count). The molecule has 1 saturated heterocycles. The number of hydrogen-bond acceptors (Lipinski definition) is 3. The van der Waals surface area contributed by atoms with Gasteiger partial charge in [-0.3, -0.25) is 13.9 Å². The lowest BCUT2D eigenvalue weighted by molar-refractivity contribution is -0.937. The van der Waals surface area contributed by atoms with E-state index in [0.29, 0.717) is 23.8 Å². The number of imidazole rings is 1. The average Bonchev–Trinajstić information content (AvgIpc) is 3.14. The van der Waals surface area contributed by atoms with Gasteiger partial charge in [0.15, 0.2) is 23.6 Å². The van der Waals surface area contributed by atoms with Crippen LogP contribution in [0.4, 0.5) is 0 Å². The van der Waals surface area contributed by atoms with Crippen molar-refractivity contribution < 1.29 is 9.88 Å². The first-order valence-corrected chi connectivity index (χ1v) is 9.49. The summed E-state index contributed by atoms with van der Waals surface area (Å²) in [6.45, 7) is 2.74. The number of aromatic amines is 1. The molecule has 0 bridgehead atoms. The average molecular weight is 370 g/mol. The van der Waals surface area contributed by atoms with Gasteiger partial charge in [0.05, 0.1) is 31.5 Å². The van der Waals surface area contributed by atoms with Gasteiger partial charge in [0.1, 0.15) is 6.04 Å². The molecule has 0 aromatic carbocycles. The minimum atomic E-state index is -0.347. The third kappa shape index (κ3) is 3.10. The first-order chi connectivity index (χ1) is 13.1. The first kappa shape index (κ1) is 17.7. The predicted molar refractivity (Wildman–Crippen MR) is 101 cm³/mol. The summed E-state index contributed by atoms with van der Waals surface area (Å²) in [7, 11) is 3.17. The third-order valence-corrected chi connectivity index (χ3v) is 5.76. The topological polar surface area (TPSA) is 80.4 Å². The minimum absolute atomic E-state index is 0.284. The Morgan fingerprint density at radius 3 is 2.89 bits per heavy atom. The van der Waals surface area contributed by atoms with Crippen LogP contribution in [-0.4, -0.2) is 31.8 Å². The molecule has 8 heteroatoms. The second-order valence-corrected chi connectivity index (χ2v) is 7.36. The molecule has 142 valence electrons. The van der Waals surface area contributed by atoms with Gasteiger partial charge < -0.3 is 9.47 Å². The van der Waals surface area contributed by atoms with Gasteiger partial charge in [-0.15, -0.1) is 0 Å². The van der Waals surface area contributed by atoms with Gasteiger partial charge in [-0.2, -0.15) is 0 Å². The molecule has 4 heterocycles. The Labute approximate surface area is 156 Å². The Bertz CT molecular complexity index is 1070. The van der Waals surface area contributed by atoms with Gasteiger partial charge in [-0.1, -0.05) is 0 Å².